The molecule has 1 aromatic rings. The molecule has 2 rings (SSSR count). The molecule has 106 valence electrons. The van der Waals surface area contributed by atoms with Crippen molar-refractivity contribution in [1.82, 2.24) is 9.97 Å². The average molecular weight is 280 g/mol. The van der Waals surface area contributed by atoms with E-state index in [1.165, 1.54) is 19.3 Å². The second-order valence-electron chi connectivity index (χ2n) is 5.46. The second-order valence-corrected chi connectivity index (χ2v) is 6.23. The van der Waals surface area contributed by atoms with Crippen molar-refractivity contribution in [3.05, 3.63) is 6.07 Å². The van der Waals surface area contributed by atoms with Crippen molar-refractivity contribution < 1.29 is 0 Å². The van der Waals surface area contributed by atoms with E-state index in [0.29, 0.717) is 6.04 Å². The van der Waals surface area contributed by atoms with Gasteiger partial charge in [0.25, 0.3) is 0 Å². The van der Waals surface area contributed by atoms with E-state index in [2.05, 4.69) is 40.1 Å². The van der Waals surface area contributed by atoms with Gasteiger partial charge in [0.1, 0.15) is 11.6 Å². The predicted molar refractivity (Wildman–Crippen MR) is 83.2 cm³/mol. The summed E-state index contributed by atoms with van der Waals surface area (Å²) in [6.45, 7) is 5.64. The maximum atomic E-state index is 4.68. The van der Waals surface area contributed by atoms with Crippen LogP contribution in [0.25, 0.3) is 0 Å². The monoisotopic (exact) mass is 280 g/mol. The van der Waals surface area contributed by atoms with Gasteiger partial charge in [-0.25, -0.2) is 9.97 Å². The van der Waals surface area contributed by atoms with Gasteiger partial charge in [-0.05, 0) is 31.4 Å². The molecule has 1 aromatic heterocycles. The van der Waals surface area contributed by atoms with E-state index in [0.717, 1.165) is 29.3 Å². The first-order valence-electron chi connectivity index (χ1n) is 7.01. The number of nitrogens with one attached hydrogen (secondary N) is 1. The lowest BCUT2D eigenvalue weighted by atomic mass is 10.1. The first-order chi connectivity index (χ1) is 9.13. The number of anilines is 2. The normalized spacial score (nSPS) is 14.8. The van der Waals surface area contributed by atoms with E-state index in [-0.39, 0.29) is 0 Å². The van der Waals surface area contributed by atoms with Gasteiger partial charge in [0.2, 0.25) is 0 Å². The van der Waals surface area contributed by atoms with E-state index in [4.69, 9.17) is 0 Å². The van der Waals surface area contributed by atoms with Gasteiger partial charge in [-0.3, -0.25) is 0 Å². The molecule has 0 atom stereocenters. The van der Waals surface area contributed by atoms with Crippen molar-refractivity contribution in [1.29, 1.82) is 0 Å². The molecular weight excluding hydrogens is 256 g/mol. The van der Waals surface area contributed by atoms with Crippen LogP contribution in [-0.2, 0) is 0 Å². The fraction of sp³-hybridized carbons (Fsp3) is 0.714. The Kier molecular flexibility index (Phi) is 4.91. The summed E-state index contributed by atoms with van der Waals surface area (Å²) in [7, 11) is 1.91. The van der Waals surface area contributed by atoms with Crippen LogP contribution in [0.4, 0.5) is 11.6 Å². The quantitative estimate of drug-likeness (QED) is 0.613. The third kappa shape index (κ3) is 4.00. The molecule has 0 saturated heterocycles. The molecule has 0 bridgehead atoms. The zero-order valence-corrected chi connectivity index (χ0v) is 13.1. The summed E-state index contributed by atoms with van der Waals surface area (Å²) in [4.78, 5) is 11.6. The number of nitrogens with zero attached hydrogens (tertiary/aromatic N) is 3. The first kappa shape index (κ1) is 14.4. The molecule has 4 nitrogen and oxygen atoms in total. The number of hydrogen-bond donors (Lipinski definition) is 1. The Morgan fingerprint density at radius 1 is 1.42 bits per heavy atom. The van der Waals surface area contributed by atoms with Gasteiger partial charge in [0, 0.05) is 25.7 Å². The Balaban J connectivity index is 2.19. The molecule has 1 saturated carbocycles. The molecule has 0 spiro atoms. The zero-order chi connectivity index (χ0) is 13.8. The minimum Gasteiger partial charge on any atom is -0.373 e. The Hall–Kier alpha value is -0.970. The van der Waals surface area contributed by atoms with Crippen LogP contribution in [-0.4, -0.2) is 35.9 Å². The number of thioether (sulfide) groups is 1. The highest BCUT2D eigenvalue weighted by Crippen LogP contribution is 2.32. The van der Waals surface area contributed by atoms with Gasteiger partial charge < -0.3 is 10.2 Å². The SMILES string of the molecule is CNc1cc(N(CCC(C)C)C2CC2)nc(SC)n1. The maximum Gasteiger partial charge on any atom is 0.191 e. The third-order valence-corrected chi connectivity index (χ3v) is 3.91. The van der Waals surface area contributed by atoms with E-state index in [9.17, 15) is 0 Å². The lowest BCUT2D eigenvalue weighted by Gasteiger charge is -2.25. The predicted octanol–water partition coefficient (Wildman–Crippen LogP) is 3.26. The van der Waals surface area contributed by atoms with Crippen LogP contribution >= 0.6 is 11.8 Å². The van der Waals surface area contributed by atoms with Gasteiger partial charge in [-0.15, -0.1) is 0 Å². The molecule has 1 aliphatic carbocycles. The molecule has 0 radical (unpaired) electrons. The lowest BCUT2D eigenvalue weighted by Crippen LogP contribution is -2.29. The van der Waals surface area contributed by atoms with Gasteiger partial charge in [0.15, 0.2) is 5.16 Å². The molecule has 0 aromatic carbocycles. The Morgan fingerprint density at radius 2 is 2.16 bits per heavy atom. The van der Waals surface area contributed by atoms with E-state index in [1.54, 1.807) is 11.8 Å². The minimum absolute atomic E-state index is 0.688. The summed E-state index contributed by atoms with van der Waals surface area (Å²) in [5.41, 5.74) is 0. The summed E-state index contributed by atoms with van der Waals surface area (Å²) in [5, 5.41) is 3.97. The van der Waals surface area contributed by atoms with Crippen LogP contribution in [0, 0.1) is 5.92 Å². The fourth-order valence-electron chi connectivity index (χ4n) is 2.05. The second kappa shape index (κ2) is 6.46. The molecule has 0 unspecified atom stereocenters. The van der Waals surface area contributed by atoms with Crippen molar-refractivity contribution in [2.75, 3.05) is 30.1 Å². The average Bonchev–Trinajstić information content (AvgIpc) is 3.22. The summed E-state index contributed by atoms with van der Waals surface area (Å²) in [5.74, 6) is 2.71. The van der Waals surface area contributed by atoms with Gasteiger partial charge in [-0.1, -0.05) is 25.6 Å². The third-order valence-electron chi connectivity index (χ3n) is 3.36. The van der Waals surface area contributed by atoms with Crippen molar-refractivity contribution in [2.24, 2.45) is 5.92 Å². The van der Waals surface area contributed by atoms with Crippen LogP contribution in [0.5, 0.6) is 0 Å². The van der Waals surface area contributed by atoms with Gasteiger partial charge >= 0.3 is 0 Å². The molecular formula is C14H24N4S. The van der Waals surface area contributed by atoms with Crippen LogP contribution in [0.1, 0.15) is 33.1 Å². The van der Waals surface area contributed by atoms with E-state index in [1.807, 2.05) is 13.3 Å². The molecule has 1 N–H and O–H groups in total. The molecule has 5 heteroatoms. The Bertz CT molecular complexity index is 396. The molecule has 1 heterocycles. The fourth-order valence-corrected chi connectivity index (χ4v) is 2.42. The summed E-state index contributed by atoms with van der Waals surface area (Å²) in [6, 6.07) is 2.76. The highest BCUT2D eigenvalue weighted by molar-refractivity contribution is 7.98. The summed E-state index contributed by atoms with van der Waals surface area (Å²) >= 11 is 1.60. The minimum atomic E-state index is 0.688. The Morgan fingerprint density at radius 3 is 2.68 bits per heavy atom. The molecule has 0 amide bonds. The smallest absolute Gasteiger partial charge is 0.191 e. The molecule has 0 aliphatic heterocycles. The van der Waals surface area contributed by atoms with Crippen molar-refractivity contribution >= 4 is 23.4 Å². The zero-order valence-electron chi connectivity index (χ0n) is 12.3. The van der Waals surface area contributed by atoms with E-state index >= 15 is 0 Å². The Labute approximate surface area is 120 Å². The first-order valence-corrected chi connectivity index (χ1v) is 8.24. The largest absolute Gasteiger partial charge is 0.373 e. The van der Waals surface area contributed by atoms with Crippen molar-refractivity contribution in [2.45, 2.75) is 44.3 Å². The van der Waals surface area contributed by atoms with Crippen LogP contribution in [0.15, 0.2) is 11.2 Å². The lowest BCUT2D eigenvalue weighted by molar-refractivity contribution is 0.567. The molecule has 1 aliphatic rings. The maximum absolute atomic E-state index is 4.68. The molecule has 19 heavy (non-hydrogen) atoms. The van der Waals surface area contributed by atoms with Crippen molar-refractivity contribution in [3.63, 3.8) is 0 Å². The van der Waals surface area contributed by atoms with E-state index < -0.39 is 0 Å². The standard InChI is InChI=1S/C14H24N4S/c1-10(2)7-8-18(11-5-6-11)13-9-12(15-3)16-14(17-13)19-4/h9-11H,5-8H2,1-4H3,(H,15,16,17). The highest BCUT2D eigenvalue weighted by Gasteiger charge is 2.30. The molecule has 1 fully saturated rings. The van der Waals surface area contributed by atoms with Crippen LogP contribution < -0.4 is 10.2 Å². The summed E-state index contributed by atoms with van der Waals surface area (Å²) in [6.07, 6.45) is 5.83. The van der Waals surface area contributed by atoms with Crippen LogP contribution in [0.2, 0.25) is 0 Å². The summed E-state index contributed by atoms with van der Waals surface area (Å²) < 4.78 is 0. The number of rotatable bonds is 7. The highest BCUT2D eigenvalue weighted by atomic mass is 32.2. The van der Waals surface area contributed by atoms with Gasteiger partial charge in [-0.2, -0.15) is 0 Å². The number of aromatic nitrogens is 2. The topological polar surface area (TPSA) is 41.0 Å². The van der Waals surface area contributed by atoms with Crippen LogP contribution in [0.3, 0.4) is 0 Å². The number of hydrogen-bond acceptors (Lipinski definition) is 5. The van der Waals surface area contributed by atoms with Crippen molar-refractivity contribution in [3.8, 4) is 0 Å². The van der Waals surface area contributed by atoms with Gasteiger partial charge in [0.05, 0.1) is 0 Å².